The summed E-state index contributed by atoms with van der Waals surface area (Å²) >= 11 is 0. The van der Waals surface area contributed by atoms with Crippen molar-refractivity contribution in [1.82, 2.24) is 5.32 Å². The van der Waals surface area contributed by atoms with Crippen LogP contribution in [0.25, 0.3) is 0 Å². The van der Waals surface area contributed by atoms with Gasteiger partial charge in [-0.2, -0.15) is 0 Å². The highest BCUT2D eigenvalue weighted by molar-refractivity contribution is 4.67. The van der Waals surface area contributed by atoms with E-state index in [9.17, 15) is 0 Å². The van der Waals surface area contributed by atoms with E-state index in [0.29, 0.717) is 6.73 Å². The first kappa shape index (κ1) is 7.98. The summed E-state index contributed by atoms with van der Waals surface area (Å²) in [7, 11) is 0. The van der Waals surface area contributed by atoms with Gasteiger partial charge in [-0.15, -0.1) is 0 Å². The van der Waals surface area contributed by atoms with Gasteiger partial charge in [0.1, 0.15) is 13.0 Å². The molecule has 1 fully saturated rings. The molecule has 10 heavy (non-hydrogen) atoms. The van der Waals surface area contributed by atoms with Crippen molar-refractivity contribution in [3.63, 3.8) is 0 Å². The molecule has 1 heterocycles. The topological polar surface area (TPSA) is 30.5 Å². The van der Waals surface area contributed by atoms with Crippen molar-refractivity contribution in [1.29, 1.82) is 0 Å². The van der Waals surface area contributed by atoms with Gasteiger partial charge in [0, 0.05) is 6.61 Å². The normalized spacial score (nSPS) is 27.6. The SMILES string of the molecule is CCCOC(C)C1NCO1. The van der Waals surface area contributed by atoms with Crippen molar-refractivity contribution in [2.45, 2.75) is 32.6 Å². The molecular formula is C7H15NO2. The van der Waals surface area contributed by atoms with E-state index >= 15 is 0 Å². The Balaban J connectivity index is 2.02. The Morgan fingerprint density at radius 1 is 1.80 bits per heavy atom. The predicted octanol–water partition coefficient (Wildman–Crippen LogP) is 0.705. The van der Waals surface area contributed by atoms with Crippen molar-refractivity contribution in [2.75, 3.05) is 13.3 Å². The quantitative estimate of drug-likeness (QED) is 0.631. The molecule has 1 rings (SSSR count). The molecule has 0 amide bonds. The monoisotopic (exact) mass is 145 g/mol. The van der Waals surface area contributed by atoms with Gasteiger partial charge in [0.15, 0.2) is 0 Å². The third-order valence-corrected chi connectivity index (χ3v) is 1.56. The van der Waals surface area contributed by atoms with E-state index in [1.54, 1.807) is 0 Å². The lowest BCUT2D eigenvalue weighted by Crippen LogP contribution is -2.53. The molecule has 1 aliphatic rings. The van der Waals surface area contributed by atoms with Gasteiger partial charge >= 0.3 is 0 Å². The minimum Gasteiger partial charge on any atom is -0.374 e. The van der Waals surface area contributed by atoms with E-state index in [1.807, 2.05) is 6.92 Å². The van der Waals surface area contributed by atoms with Gasteiger partial charge in [-0.1, -0.05) is 6.92 Å². The van der Waals surface area contributed by atoms with Crippen LogP contribution in [0.15, 0.2) is 0 Å². The molecule has 0 saturated carbocycles. The molecule has 0 aromatic heterocycles. The first-order chi connectivity index (χ1) is 4.84. The number of nitrogens with one attached hydrogen (secondary N) is 1. The highest BCUT2D eigenvalue weighted by atomic mass is 16.6. The van der Waals surface area contributed by atoms with E-state index in [2.05, 4.69) is 12.2 Å². The Kier molecular flexibility index (Phi) is 3.12. The lowest BCUT2D eigenvalue weighted by molar-refractivity contribution is -0.158. The minimum atomic E-state index is 0.131. The largest absolute Gasteiger partial charge is 0.374 e. The maximum absolute atomic E-state index is 5.41. The fourth-order valence-electron chi connectivity index (χ4n) is 0.872. The first-order valence-corrected chi connectivity index (χ1v) is 3.81. The van der Waals surface area contributed by atoms with Crippen LogP contribution in [0.3, 0.4) is 0 Å². The van der Waals surface area contributed by atoms with Gasteiger partial charge in [-0.25, -0.2) is 0 Å². The maximum atomic E-state index is 5.41. The van der Waals surface area contributed by atoms with Crippen LogP contribution >= 0.6 is 0 Å². The minimum absolute atomic E-state index is 0.131. The zero-order valence-corrected chi connectivity index (χ0v) is 6.59. The highest BCUT2D eigenvalue weighted by Gasteiger charge is 2.23. The first-order valence-electron chi connectivity index (χ1n) is 3.81. The fraction of sp³-hybridized carbons (Fsp3) is 1.00. The average Bonchev–Trinajstić information content (AvgIpc) is 1.79. The van der Waals surface area contributed by atoms with Crippen molar-refractivity contribution >= 4 is 0 Å². The van der Waals surface area contributed by atoms with Gasteiger partial charge in [0.25, 0.3) is 0 Å². The second-order valence-corrected chi connectivity index (χ2v) is 2.51. The van der Waals surface area contributed by atoms with Crippen molar-refractivity contribution in [3.8, 4) is 0 Å². The zero-order valence-electron chi connectivity index (χ0n) is 6.59. The lowest BCUT2D eigenvalue weighted by Gasteiger charge is -2.32. The Morgan fingerprint density at radius 2 is 2.50 bits per heavy atom. The Labute approximate surface area is 61.7 Å². The average molecular weight is 145 g/mol. The number of hydrogen-bond donors (Lipinski definition) is 1. The Bertz CT molecular complexity index is 93.6. The molecule has 1 aliphatic heterocycles. The zero-order chi connectivity index (χ0) is 7.40. The molecule has 0 bridgehead atoms. The molecule has 1 saturated heterocycles. The lowest BCUT2D eigenvalue weighted by atomic mass is 10.3. The molecule has 0 radical (unpaired) electrons. The molecule has 2 atom stereocenters. The summed E-state index contributed by atoms with van der Waals surface area (Å²) in [6, 6.07) is 0. The fourth-order valence-corrected chi connectivity index (χ4v) is 0.872. The van der Waals surface area contributed by atoms with Crippen LogP contribution in [-0.2, 0) is 9.47 Å². The Morgan fingerprint density at radius 3 is 2.90 bits per heavy atom. The maximum Gasteiger partial charge on any atom is 0.137 e. The van der Waals surface area contributed by atoms with Crippen LogP contribution < -0.4 is 5.32 Å². The van der Waals surface area contributed by atoms with E-state index in [4.69, 9.17) is 9.47 Å². The molecule has 3 heteroatoms. The van der Waals surface area contributed by atoms with Crippen LogP contribution in [-0.4, -0.2) is 25.7 Å². The van der Waals surface area contributed by atoms with Crippen LogP contribution in [0.2, 0.25) is 0 Å². The molecule has 0 aromatic rings. The summed E-state index contributed by atoms with van der Waals surface area (Å²) in [5.74, 6) is 0. The highest BCUT2D eigenvalue weighted by Crippen LogP contribution is 2.06. The van der Waals surface area contributed by atoms with Crippen molar-refractivity contribution < 1.29 is 9.47 Å². The van der Waals surface area contributed by atoms with Gasteiger partial charge in [-0.05, 0) is 13.3 Å². The molecular weight excluding hydrogens is 130 g/mol. The molecule has 0 aliphatic carbocycles. The molecule has 1 N–H and O–H groups in total. The van der Waals surface area contributed by atoms with Crippen LogP contribution in [0.4, 0.5) is 0 Å². The third-order valence-electron chi connectivity index (χ3n) is 1.56. The van der Waals surface area contributed by atoms with Crippen molar-refractivity contribution in [3.05, 3.63) is 0 Å². The summed E-state index contributed by atoms with van der Waals surface area (Å²) in [6.07, 6.45) is 1.39. The van der Waals surface area contributed by atoms with Gasteiger partial charge in [0.05, 0.1) is 6.10 Å². The number of rotatable bonds is 4. The van der Waals surface area contributed by atoms with E-state index in [0.717, 1.165) is 13.0 Å². The summed E-state index contributed by atoms with van der Waals surface area (Å²) < 4.78 is 10.6. The van der Waals surface area contributed by atoms with Crippen LogP contribution in [0.1, 0.15) is 20.3 Å². The van der Waals surface area contributed by atoms with E-state index in [1.165, 1.54) is 0 Å². The van der Waals surface area contributed by atoms with Gasteiger partial charge in [-0.3, -0.25) is 5.32 Å². The Hall–Kier alpha value is -0.120. The molecule has 3 nitrogen and oxygen atoms in total. The standard InChI is InChI=1S/C7H15NO2/c1-3-4-9-6(2)7-8-5-10-7/h6-8H,3-5H2,1-2H3. The summed E-state index contributed by atoms with van der Waals surface area (Å²) in [5, 5.41) is 3.11. The van der Waals surface area contributed by atoms with Gasteiger partial charge < -0.3 is 9.47 Å². The van der Waals surface area contributed by atoms with Crippen molar-refractivity contribution in [2.24, 2.45) is 0 Å². The predicted molar refractivity (Wildman–Crippen MR) is 38.6 cm³/mol. The van der Waals surface area contributed by atoms with E-state index < -0.39 is 0 Å². The summed E-state index contributed by atoms with van der Waals surface area (Å²) in [6.45, 7) is 5.61. The van der Waals surface area contributed by atoms with E-state index in [-0.39, 0.29) is 12.3 Å². The summed E-state index contributed by atoms with van der Waals surface area (Å²) in [4.78, 5) is 0. The second kappa shape index (κ2) is 3.91. The molecule has 0 spiro atoms. The molecule has 2 unspecified atom stereocenters. The van der Waals surface area contributed by atoms with Crippen LogP contribution in [0, 0.1) is 0 Å². The summed E-state index contributed by atoms with van der Waals surface area (Å²) in [5.41, 5.74) is 0. The number of ether oxygens (including phenoxy) is 2. The molecule has 0 aromatic carbocycles. The second-order valence-electron chi connectivity index (χ2n) is 2.51. The van der Waals surface area contributed by atoms with Crippen LogP contribution in [0.5, 0.6) is 0 Å². The number of hydrogen-bond acceptors (Lipinski definition) is 3. The smallest absolute Gasteiger partial charge is 0.137 e. The molecule has 60 valence electrons. The van der Waals surface area contributed by atoms with Gasteiger partial charge in [0.2, 0.25) is 0 Å². The third kappa shape index (κ3) is 1.94.